The van der Waals surface area contributed by atoms with Crippen LogP contribution in [0.4, 0.5) is 0 Å². The number of hydrogen-bond donors (Lipinski definition) is 0. The molecule has 0 fully saturated rings. The van der Waals surface area contributed by atoms with Gasteiger partial charge in [-0.15, -0.1) is 5.10 Å². The van der Waals surface area contributed by atoms with Crippen LogP contribution >= 0.6 is 11.6 Å². The first-order valence-corrected chi connectivity index (χ1v) is 11.0. The first kappa shape index (κ1) is 21.6. The maximum Gasteiger partial charge on any atom is 0.153 e. The first-order valence-electron chi connectivity index (χ1n) is 10.7. The van der Waals surface area contributed by atoms with Crippen LogP contribution in [0.5, 0.6) is 5.75 Å². The summed E-state index contributed by atoms with van der Waals surface area (Å²) in [7, 11) is 0. The number of benzene rings is 3. The molecule has 0 atom stereocenters. The molecule has 0 spiro atoms. The van der Waals surface area contributed by atoms with E-state index in [2.05, 4.69) is 15.4 Å². The minimum absolute atomic E-state index is 0.208. The third kappa shape index (κ3) is 4.74. The summed E-state index contributed by atoms with van der Waals surface area (Å²) >= 11 is 6.28. The van der Waals surface area contributed by atoms with Gasteiger partial charge in [0.15, 0.2) is 6.29 Å². The van der Waals surface area contributed by atoms with Crippen LogP contribution in [-0.2, 0) is 13.2 Å². The van der Waals surface area contributed by atoms with Gasteiger partial charge in [-0.1, -0.05) is 65.3 Å². The quantitative estimate of drug-likeness (QED) is 0.291. The number of rotatable bonds is 8. The molecule has 0 radical (unpaired) electrons. The molecule has 8 heteroatoms. The highest BCUT2D eigenvalue weighted by atomic mass is 35.5. The summed E-state index contributed by atoms with van der Waals surface area (Å²) in [5.74, 6) is 0.545. The number of carbonyl (C=O) groups is 1. The van der Waals surface area contributed by atoms with E-state index < -0.39 is 0 Å². The average molecular weight is 470 g/mol. The van der Waals surface area contributed by atoms with Crippen molar-refractivity contribution >= 4 is 17.9 Å². The molecule has 0 aliphatic heterocycles. The van der Waals surface area contributed by atoms with Crippen molar-refractivity contribution in [2.24, 2.45) is 0 Å². The Morgan fingerprint density at radius 3 is 2.47 bits per heavy atom. The normalized spacial score (nSPS) is 10.9. The van der Waals surface area contributed by atoms with Crippen molar-refractivity contribution < 1.29 is 9.53 Å². The van der Waals surface area contributed by atoms with Crippen molar-refractivity contribution in [3.05, 3.63) is 113 Å². The maximum absolute atomic E-state index is 11.8. The Hall–Kier alpha value is -4.23. The van der Waals surface area contributed by atoms with Crippen LogP contribution in [0.3, 0.4) is 0 Å². The third-order valence-electron chi connectivity index (χ3n) is 5.24. The molecule has 0 bridgehead atoms. The Bertz CT molecular complexity index is 1410. The predicted molar refractivity (Wildman–Crippen MR) is 129 cm³/mol. The van der Waals surface area contributed by atoms with E-state index in [9.17, 15) is 4.79 Å². The number of ether oxygens (including phenoxy) is 1. The van der Waals surface area contributed by atoms with Crippen LogP contribution in [0.25, 0.3) is 16.9 Å². The third-order valence-corrected chi connectivity index (χ3v) is 5.47. The van der Waals surface area contributed by atoms with Crippen LogP contribution in [0, 0.1) is 0 Å². The van der Waals surface area contributed by atoms with E-state index in [0.29, 0.717) is 39.8 Å². The molecule has 5 rings (SSSR count). The molecule has 2 heterocycles. The van der Waals surface area contributed by atoms with Gasteiger partial charge in [-0.25, -0.2) is 9.36 Å². The summed E-state index contributed by atoms with van der Waals surface area (Å²) in [6.45, 7) is 0.832. The van der Waals surface area contributed by atoms with Crippen LogP contribution in [0.2, 0.25) is 5.02 Å². The van der Waals surface area contributed by atoms with Crippen molar-refractivity contribution in [1.82, 2.24) is 24.8 Å². The molecular formula is C26H20ClN5O2. The van der Waals surface area contributed by atoms with Gasteiger partial charge in [0, 0.05) is 16.8 Å². The largest absolute Gasteiger partial charge is 0.486 e. The highest BCUT2D eigenvalue weighted by Crippen LogP contribution is 2.34. The van der Waals surface area contributed by atoms with Gasteiger partial charge in [0.2, 0.25) is 0 Å². The summed E-state index contributed by atoms with van der Waals surface area (Å²) in [6, 6.07) is 24.9. The molecular weight excluding hydrogens is 450 g/mol. The monoisotopic (exact) mass is 469 g/mol. The van der Waals surface area contributed by atoms with Gasteiger partial charge in [-0.2, -0.15) is 5.10 Å². The van der Waals surface area contributed by atoms with E-state index >= 15 is 0 Å². The van der Waals surface area contributed by atoms with Gasteiger partial charge >= 0.3 is 0 Å². The summed E-state index contributed by atoms with van der Waals surface area (Å²) in [5.41, 5.74) is 4.21. The molecule has 5 aromatic rings. The Labute approximate surface area is 201 Å². The molecule has 0 aliphatic carbocycles. The highest BCUT2D eigenvalue weighted by Gasteiger charge is 2.17. The standard InChI is InChI=1S/C26H20ClN5O2/c27-21-11-12-25(34-18-22-16-31(30-28-22)14-19-7-3-1-4-8-19)24(13-21)26-20(17-33)15-32(29-26)23-9-5-2-6-10-23/h1-13,15-17H,14,18H2. The molecule has 3 aromatic carbocycles. The molecule has 7 nitrogen and oxygen atoms in total. The van der Waals surface area contributed by atoms with Crippen molar-refractivity contribution in [3.63, 3.8) is 0 Å². The molecule has 2 aromatic heterocycles. The fourth-order valence-corrected chi connectivity index (χ4v) is 3.79. The average Bonchev–Trinajstić information content (AvgIpc) is 3.51. The minimum Gasteiger partial charge on any atom is -0.486 e. The molecule has 0 amide bonds. The molecule has 0 saturated carbocycles. The van der Waals surface area contributed by atoms with Gasteiger partial charge in [-0.05, 0) is 35.9 Å². The number of aromatic nitrogens is 5. The van der Waals surface area contributed by atoms with Crippen LogP contribution < -0.4 is 4.74 Å². The lowest BCUT2D eigenvalue weighted by Gasteiger charge is -2.10. The van der Waals surface area contributed by atoms with E-state index in [-0.39, 0.29) is 6.61 Å². The molecule has 168 valence electrons. The van der Waals surface area contributed by atoms with E-state index in [1.165, 1.54) is 0 Å². The number of carbonyl (C=O) groups excluding carboxylic acids is 1. The summed E-state index contributed by atoms with van der Waals surface area (Å²) in [6.07, 6.45) is 4.32. The van der Waals surface area contributed by atoms with Crippen molar-refractivity contribution in [2.45, 2.75) is 13.2 Å². The van der Waals surface area contributed by atoms with Gasteiger partial charge in [0.05, 0.1) is 24.0 Å². The Balaban J connectivity index is 1.39. The van der Waals surface area contributed by atoms with Crippen LogP contribution in [0.15, 0.2) is 91.3 Å². The van der Waals surface area contributed by atoms with Gasteiger partial charge in [-0.3, -0.25) is 4.79 Å². The summed E-state index contributed by atoms with van der Waals surface area (Å²) in [5, 5.41) is 13.6. The first-order chi connectivity index (χ1) is 16.7. The highest BCUT2D eigenvalue weighted by molar-refractivity contribution is 6.31. The fraction of sp³-hybridized carbons (Fsp3) is 0.0769. The van der Waals surface area contributed by atoms with Crippen LogP contribution in [-0.4, -0.2) is 31.1 Å². The van der Waals surface area contributed by atoms with Gasteiger partial charge in [0.25, 0.3) is 0 Å². The van der Waals surface area contributed by atoms with Gasteiger partial charge < -0.3 is 4.74 Å². The summed E-state index contributed by atoms with van der Waals surface area (Å²) < 4.78 is 9.50. The predicted octanol–water partition coefficient (Wildman–Crippen LogP) is 5.22. The topological polar surface area (TPSA) is 74.8 Å². The number of halogens is 1. The van der Waals surface area contributed by atoms with Crippen LogP contribution in [0.1, 0.15) is 21.6 Å². The van der Waals surface area contributed by atoms with E-state index in [1.54, 1.807) is 33.8 Å². The van der Waals surface area contributed by atoms with Gasteiger partial charge in [0.1, 0.15) is 23.7 Å². The molecule has 0 N–H and O–H groups in total. The second kappa shape index (κ2) is 9.72. The number of aldehydes is 1. The van der Waals surface area contributed by atoms with E-state index in [4.69, 9.17) is 16.3 Å². The van der Waals surface area contributed by atoms with Crippen molar-refractivity contribution in [3.8, 4) is 22.7 Å². The lowest BCUT2D eigenvalue weighted by Crippen LogP contribution is -2.00. The molecule has 0 saturated heterocycles. The summed E-state index contributed by atoms with van der Waals surface area (Å²) in [4.78, 5) is 11.8. The van der Waals surface area contributed by atoms with Crippen molar-refractivity contribution in [2.75, 3.05) is 0 Å². The smallest absolute Gasteiger partial charge is 0.153 e. The lowest BCUT2D eigenvalue weighted by atomic mass is 10.1. The molecule has 0 aliphatic rings. The SMILES string of the molecule is O=Cc1cn(-c2ccccc2)nc1-c1cc(Cl)ccc1OCc1cn(Cc2ccccc2)nn1. The Morgan fingerprint density at radius 2 is 1.71 bits per heavy atom. The zero-order valence-corrected chi connectivity index (χ0v) is 18.8. The van der Waals surface area contributed by atoms with Crippen molar-refractivity contribution in [1.29, 1.82) is 0 Å². The number of para-hydroxylation sites is 1. The second-order valence-corrected chi connectivity index (χ2v) is 8.09. The molecule has 34 heavy (non-hydrogen) atoms. The zero-order valence-electron chi connectivity index (χ0n) is 18.1. The number of hydrogen-bond acceptors (Lipinski definition) is 5. The fourth-order valence-electron chi connectivity index (χ4n) is 3.61. The maximum atomic E-state index is 11.8. The Morgan fingerprint density at radius 1 is 0.941 bits per heavy atom. The number of nitrogens with zero attached hydrogens (tertiary/aromatic N) is 5. The second-order valence-electron chi connectivity index (χ2n) is 7.65. The molecule has 0 unspecified atom stereocenters. The zero-order chi connectivity index (χ0) is 23.3. The van der Waals surface area contributed by atoms with E-state index in [0.717, 1.165) is 17.5 Å². The minimum atomic E-state index is 0.208. The lowest BCUT2D eigenvalue weighted by molar-refractivity contribution is 0.112. The van der Waals surface area contributed by atoms with E-state index in [1.807, 2.05) is 66.9 Å². The Kier molecular flexibility index (Phi) is 6.18.